The Hall–Kier alpha value is -1.26. The second-order valence-corrected chi connectivity index (χ2v) is 5.12. The largest absolute Gasteiger partial charge is 0.496 e. The van der Waals surface area contributed by atoms with E-state index >= 15 is 0 Å². The van der Waals surface area contributed by atoms with E-state index in [-0.39, 0.29) is 6.61 Å². The molecule has 96 valence electrons. The Morgan fingerprint density at radius 2 is 2.06 bits per heavy atom. The Labute approximate surface area is 115 Å². The molecule has 0 aliphatic heterocycles. The van der Waals surface area contributed by atoms with E-state index in [1.807, 2.05) is 38.2 Å². The average Bonchev–Trinajstić information content (AvgIpc) is 2.66. The van der Waals surface area contributed by atoms with Gasteiger partial charge in [0.1, 0.15) is 5.75 Å². The zero-order valence-corrected chi connectivity index (χ0v) is 12.3. The van der Waals surface area contributed by atoms with Crippen LogP contribution in [0.1, 0.15) is 11.3 Å². The number of aliphatic hydroxyl groups excluding tert-OH is 1. The number of nitrogens with zero attached hydrogens (tertiary/aromatic N) is 1. The van der Waals surface area contributed by atoms with Crippen molar-refractivity contribution in [3.63, 3.8) is 0 Å². The molecule has 0 radical (unpaired) electrons. The minimum absolute atomic E-state index is 0.0516. The van der Waals surface area contributed by atoms with Crippen LogP contribution in [-0.4, -0.2) is 16.8 Å². The molecule has 0 amide bonds. The van der Waals surface area contributed by atoms with Gasteiger partial charge in [-0.3, -0.25) is 0 Å². The summed E-state index contributed by atoms with van der Waals surface area (Å²) in [5.74, 6) is 0.822. The Kier molecular flexibility index (Phi) is 3.78. The van der Waals surface area contributed by atoms with Gasteiger partial charge in [-0.15, -0.1) is 0 Å². The maximum atomic E-state index is 9.33. The molecule has 0 unspecified atom stereocenters. The van der Waals surface area contributed by atoms with E-state index in [1.165, 1.54) is 0 Å². The molecule has 0 aliphatic rings. The molecule has 0 saturated carbocycles. The lowest BCUT2D eigenvalue weighted by molar-refractivity contribution is 0.281. The third kappa shape index (κ3) is 2.18. The summed E-state index contributed by atoms with van der Waals surface area (Å²) in [6, 6.07) is 7.90. The van der Waals surface area contributed by atoms with Gasteiger partial charge in [0.2, 0.25) is 0 Å². The molecule has 3 nitrogen and oxygen atoms in total. The SMILES string of the molecule is COc1ccc(Br)cc1-c1cc(CO)c(C)n1C. The van der Waals surface area contributed by atoms with Crippen molar-refractivity contribution >= 4 is 15.9 Å². The van der Waals surface area contributed by atoms with Gasteiger partial charge in [0, 0.05) is 22.8 Å². The van der Waals surface area contributed by atoms with Crippen molar-refractivity contribution < 1.29 is 9.84 Å². The number of hydrogen-bond donors (Lipinski definition) is 1. The first kappa shape index (κ1) is 13.2. The lowest BCUT2D eigenvalue weighted by atomic mass is 10.1. The molecular weight excluding hydrogens is 294 g/mol. The molecule has 0 spiro atoms. The smallest absolute Gasteiger partial charge is 0.128 e. The minimum atomic E-state index is 0.0516. The molecule has 1 aromatic carbocycles. The molecule has 0 aliphatic carbocycles. The van der Waals surface area contributed by atoms with Gasteiger partial charge in [-0.05, 0) is 36.8 Å². The molecular formula is C14H16BrNO2. The van der Waals surface area contributed by atoms with Crippen LogP contribution in [0, 0.1) is 6.92 Å². The highest BCUT2D eigenvalue weighted by atomic mass is 79.9. The third-order valence-corrected chi connectivity index (χ3v) is 3.74. The van der Waals surface area contributed by atoms with Crippen LogP contribution in [0.3, 0.4) is 0 Å². The predicted molar refractivity (Wildman–Crippen MR) is 75.8 cm³/mol. The first-order valence-electron chi connectivity index (χ1n) is 5.68. The van der Waals surface area contributed by atoms with Crippen LogP contribution < -0.4 is 4.74 Å². The third-order valence-electron chi connectivity index (χ3n) is 3.25. The quantitative estimate of drug-likeness (QED) is 0.944. The van der Waals surface area contributed by atoms with Crippen LogP contribution in [0.25, 0.3) is 11.3 Å². The summed E-state index contributed by atoms with van der Waals surface area (Å²) >= 11 is 3.48. The van der Waals surface area contributed by atoms with Crippen molar-refractivity contribution in [3.8, 4) is 17.0 Å². The number of aromatic nitrogens is 1. The van der Waals surface area contributed by atoms with E-state index < -0.39 is 0 Å². The highest BCUT2D eigenvalue weighted by Crippen LogP contribution is 2.34. The molecule has 0 saturated heterocycles. The summed E-state index contributed by atoms with van der Waals surface area (Å²) < 4.78 is 8.46. The first-order valence-corrected chi connectivity index (χ1v) is 6.47. The van der Waals surface area contributed by atoms with Gasteiger partial charge in [-0.1, -0.05) is 15.9 Å². The summed E-state index contributed by atoms with van der Waals surface area (Å²) in [6.07, 6.45) is 0. The lowest BCUT2D eigenvalue weighted by Gasteiger charge is -2.10. The summed E-state index contributed by atoms with van der Waals surface area (Å²) in [4.78, 5) is 0. The predicted octanol–water partition coefficient (Wildman–Crippen LogP) is 3.26. The molecule has 0 atom stereocenters. The molecule has 1 N–H and O–H groups in total. The number of benzene rings is 1. The Morgan fingerprint density at radius 1 is 1.33 bits per heavy atom. The lowest BCUT2D eigenvalue weighted by Crippen LogP contribution is -1.96. The van der Waals surface area contributed by atoms with Crippen molar-refractivity contribution in [2.45, 2.75) is 13.5 Å². The van der Waals surface area contributed by atoms with Crippen LogP contribution in [0.5, 0.6) is 5.75 Å². The van der Waals surface area contributed by atoms with Crippen LogP contribution >= 0.6 is 15.9 Å². The highest BCUT2D eigenvalue weighted by molar-refractivity contribution is 9.10. The number of hydrogen-bond acceptors (Lipinski definition) is 2. The Balaban J connectivity index is 2.64. The topological polar surface area (TPSA) is 34.4 Å². The van der Waals surface area contributed by atoms with E-state index in [9.17, 15) is 5.11 Å². The van der Waals surface area contributed by atoms with E-state index in [0.29, 0.717) is 0 Å². The van der Waals surface area contributed by atoms with Crippen molar-refractivity contribution in [2.75, 3.05) is 7.11 Å². The monoisotopic (exact) mass is 309 g/mol. The fourth-order valence-corrected chi connectivity index (χ4v) is 2.42. The standard InChI is InChI=1S/C14H16BrNO2/c1-9-10(8-17)6-13(16(9)2)12-7-11(15)4-5-14(12)18-3/h4-7,17H,8H2,1-3H3. The zero-order chi connectivity index (χ0) is 13.3. The maximum Gasteiger partial charge on any atom is 0.128 e. The molecule has 4 heteroatoms. The van der Waals surface area contributed by atoms with Crippen LogP contribution in [0.15, 0.2) is 28.7 Å². The van der Waals surface area contributed by atoms with E-state index in [4.69, 9.17) is 4.74 Å². The van der Waals surface area contributed by atoms with E-state index in [0.717, 1.165) is 32.7 Å². The van der Waals surface area contributed by atoms with Gasteiger partial charge in [0.15, 0.2) is 0 Å². The van der Waals surface area contributed by atoms with Crippen molar-refractivity contribution in [1.29, 1.82) is 0 Å². The zero-order valence-electron chi connectivity index (χ0n) is 10.7. The van der Waals surface area contributed by atoms with Crippen LogP contribution in [0.4, 0.5) is 0 Å². The molecule has 0 fully saturated rings. The molecule has 1 aromatic heterocycles. The molecule has 2 rings (SSSR count). The van der Waals surface area contributed by atoms with Gasteiger partial charge in [-0.2, -0.15) is 0 Å². The number of rotatable bonds is 3. The van der Waals surface area contributed by atoms with Crippen LogP contribution in [-0.2, 0) is 13.7 Å². The van der Waals surface area contributed by atoms with Gasteiger partial charge in [-0.25, -0.2) is 0 Å². The minimum Gasteiger partial charge on any atom is -0.496 e. The van der Waals surface area contributed by atoms with Gasteiger partial charge in [0.05, 0.1) is 19.4 Å². The summed E-state index contributed by atoms with van der Waals surface area (Å²) in [6.45, 7) is 2.05. The molecule has 18 heavy (non-hydrogen) atoms. The number of aliphatic hydroxyl groups is 1. The van der Waals surface area contributed by atoms with Crippen molar-refractivity contribution in [3.05, 3.63) is 40.0 Å². The highest BCUT2D eigenvalue weighted by Gasteiger charge is 2.14. The fourth-order valence-electron chi connectivity index (χ4n) is 2.06. The average molecular weight is 310 g/mol. The number of halogens is 1. The Morgan fingerprint density at radius 3 is 2.61 bits per heavy atom. The van der Waals surface area contributed by atoms with Crippen LogP contribution in [0.2, 0.25) is 0 Å². The fraction of sp³-hybridized carbons (Fsp3) is 0.286. The number of methoxy groups -OCH3 is 1. The summed E-state index contributed by atoms with van der Waals surface area (Å²) in [5, 5.41) is 9.33. The molecule has 2 aromatic rings. The molecule has 0 bridgehead atoms. The normalized spacial score (nSPS) is 10.7. The van der Waals surface area contributed by atoms with E-state index in [2.05, 4.69) is 20.5 Å². The summed E-state index contributed by atoms with van der Waals surface area (Å²) in [7, 11) is 3.65. The Bertz CT molecular complexity index is 575. The second kappa shape index (κ2) is 5.16. The molecule has 1 heterocycles. The van der Waals surface area contributed by atoms with Crippen molar-refractivity contribution in [2.24, 2.45) is 7.05 Å². The summed E-state index contributed by atoms with van der Waals surface area (Å²) in [5.41, 5.74) is 4.05. The van der Waals surface area contributed by atoms with Gasteiger partial charge in [0.25, 0.3) is 0 Å². The van der Waals surface area contributed by atoms with Crippen molar-refractivity contribution in [1.82, 2.24) is 4.57 Å². The number of ether oxygens (including phenoxy) is 1. The first-order chi connectivity index (χ1) is 8.58. The second-order valence-electron chi connectivity index (χ2n) is 4.20. The van der Waals surface area contributed by atoms with Gasteiger partial charge >= 0.3 is 0 Å². The van der Waals surface area contributed by atoms with E-state index in [1.54, 1.807) is 7.11 Å². The van der Waals surface area contributed by atoms with Gasteiger partial charge < -0.3 is 14.4 Å². The maximum absolute atomic E-state index is 9.33.